The molecule has 0 atom stereocenters. The molecule has 0 spiro atoms. The highest BCUT2D eigenvalue weighted by atomic mass is 19.4. The van der Waals surface area contributed by atoms with E-state index in [-0.39, 0.29) is 86.5 Å². The first-order chi connectivity index (χ1) is 22.8. The van der Waals surface area contributed by atoms with Gasteiger partial charge in [0.05, 0.1) is 29.9 Å². The number of hydrogen-bond acceptors (Lipinski definition) is 7. The van der Waals surface area contributed by atoms with Crippen LogP contribution in [0.4, 0.5) is 18.9 Å². The van der Waals surface area contributed by atoms with Crippen molar-refractivity contribution in [2.24, 2.45) is 16.5 Å². The van der Waals surface area contributed by atoms with Crippen LogP contribution in [0.3, 0.4) is 0 Å². The summed E-state index contributed by atoms with van der Waals surface area (Å²) in [4.78, 5) is 70.3. The van der Waals surface area contributed by atoms with E-state index in [1.807, 2.05) is 30.3 Å². The molecule has 1 aliphatic heterocycles. The van der Waals surface area contributed by atoms with Gasteiger partial charge in [-0.15, -0.1) is 0 Å². The predicted octanol–water partition coefficient (Wildman–Crippen LogP) is 2.49. The number of guanidine groups is 1. The van der Waals surface area contributed by atoms with Crippen molar-refractivity contribution in [3.8, 4) is 0 Å². The number of alkyl halides is 3. The van der Waals surface area contributed by atoms with E-state index in [2.05, 4.69) is 15.0 Å². The molecule has 3 aromatic rings. The number of nitrogens with two attached hydrogens (primary N) is 2. The lowest BCUT2D eigenvalue weighted by Crippen LogP contribution is -2.40. The number of nitrogens with one attached hydrogen (secondary N) is 1. The van der Waals surface area contributed by atoms with Gasteiger partial charge in [-0.3, -0.25) is 19.4 Å². The number of fused-ring (bicyclic) bond motifs is 1. The Morgan fingerprint density at radius 3 is 2.33 bits per heavy atom. The van der Waals surface area contributed by atoms with Crippen LogP contribution in [0.15, 0.2) is 77.8 Å². The molecule has 1 heterocycles. The second kappa shape index (κ2) is 15.7. The molecule has 3 amide bonds. The minimum atomic E-state index is -5.36. The molecule has 12 nitrogen and oxygen atoms in total. The van der Waals surface area contributed by atoms with Gasteiger partial charge in [-0.25, -0.2) is 9.59 Å². The molecule has 252 valence electrons. The summed E-state index contributed by atoms with van der Waals surface area (Å²) in [6.45, 7) is 0.216. The van der Waals surface area contributed by atoms with Crippen LogP contribution in [0.5, 0.6) is 0 Å². The third kappa shape index (κ3) is 9.40. The van der Waals surface area contributed by atoms with Crippen molar-refractivity contribution in [2.45, 2.75) is 32.0 Å². The summed E-state index contributed by atoms with van der Waals surface area (Å²) < 4.78 is 42.1. The van der Waals surface area contributed by atoms with Crippen LogP contribution in [0, 0.1) is 0 Å². The van der Waals surface area contributed by atoms with Crippen molar-refractivity contribution in [1.29, 1.82) is 0 Å². The zero-order chi connectivity index (χ0) is 34.8. The Labute approximate surface area is 273 Å². The highest BCUT2D eigenvalue weighted by Gasteiger charge is 2.43. The van der Waals surface area contributed by atoms with Gasteiger partial charge in [-0.2, -0.15) is 13.2 Å². The van der Waals surface area contributed by atoms with Crippen LogP contribution in [-0.4, -0.2) is 72.9 Å². The van der Waals surface area contributed by atoms with Gasteiger partial charge in [0.15, 0.2) is 5.96 Å². The molecule has 0 bridgehead atoms. The van der Waals surface area contributed by atoms with Crippen LogP contribution in [0.2, 0.25) is 0 Å². The van der Waals surface area contributed by atoms with Crippen molar-refractivity contribution in [1.82, 2.24) is 10.2 Å². The van der Waals surface area contributed by atoms with Crippen LogP contribution >= 0.6 is 0 Å². The van der Waals surface area contributed by atoms with Crippen LogP contribution in [0.1, 0.15) is 43.8 Å². The predicted molar refractivity (Wildman–Crippen MR) is 169 cm³/mol. The third-order valence-corrected chi connectivity index (χ3v) is 7.35. The fourth-order valence-electron chi connectivity index (χ4n) is 5.01. The number of carbonyl (C=O) groups is 5. The van der Waals surface area contributed by atoms with Crippen LogP contribution in [-0.2, 0) is 38.5 Å². The number of anilines is 1. The topological polar surface area (TPSA) is 177 Å². The van der Waals surface area contributed by atoms with Gasteiger partial charge in [0, 0.05) is 19.5 Å². The number of ether oxygens (including phenoxy) is 1. The number of rotatable bonds is 12. The van der Waals surface area contributed by atoms with E-state index >= 15 is 0 Å². The molecular weight excluding hydrogens is 633 g/mol. The summed E-state index contributed by atoms with van der Waals surface area (Å²) >= 11 is 0. The molecule has 0 fully saturated rings. The van der Waals surface area contributed by atoms with Gasteiger partial charge in [-0.1, -0.05) is 54.6 Å². The van der Waals surface area contributed by atoms with E-state index in [1.54, 1.807) is 18.2 Å². The maximum atomic E-state index is 14.0. The number of aliphatic imine (C=N–C) groups is 1. The average Bonchev–Trinajstić information content (AvgIpc) is 3.14. The van der Waals surface area contributed by atoms with Gasteiger partial charge < -0.3 is 31.3 Å². The van der Waals surface area contributed by atoms with Crippen LogP contribution < -0.4 is 21.7 Å². The molecule has 0 saturated heterocycles. The lowest BCUT2D eigenvalue weighted by atomic mass is 10.0. The number of halogens is 3. The van der Waals surface area contributed by atoms with E-state index in [9.17, 15) is 37.1 Å². The van der Waals surface area contributed by atoms with Crippen molar-refractivity contribution in [3.05, 3.63) is 101 Å². The fourth-order valence-corrected chi connectivity index (χ4v) is 5.01. The minimum absolute atomic E-state index is 0.0434. The van der Waals surface area contributed by atoms with E-state index < -0.39 is 24.0 Å². The molecule has 0 unspecified atom stereocenters. The zero-order valence-corrected chi connectivity index (χ0v) is 25.7. The number of benzene rings is 3. The Kier molecular flexibility index (Phi) is 11.5. The molecular formula is C33H33F3N6O6. The fraction of sp³-hybridized carbons (Fsp3) is 0.273. The van der Waals surface area contributed by atoms with E-state index in [0.29, 0.717) is 11.3 Å². The van der Waals surface area contributed by atoms with Crippen molar-refractivity contribution in [3.63, 3.8) is 0 Å². The lowest BCUT2D eigenvalue weighted by molar-refractivity contribution is -0.193. The zero-order valence-electron chi connectivity index (χ0n) is 25.7. The summed E-state index contributed by atoms with van der Waals surface area (Å²) in [5.74, 6) is -5.36. The van der Waals surface area contributed by atoms with Crippen molar-refractivity contribution in [2.75, 3.05) is 31.1 Å². The van der Waals surface area contributed by atoms with Gasteiger partial charge in [0.1, 0.15) is 6.54 Å². The second-order valence-corrected chi connectivity index (χ2v) is 10.8. The molecule has 0 saturated carbocycles. The summed E-state index contributed by atoms with van der Waals surface area (Å²) in [5, 5.41) is 2.71. The number of hydrogen-bond donors (Lipinski definition) is 3. The number of aryl methyl sites for hydroxylation is 1. The van der Waals surface area contributed by atoms with E-state index in [1.165, 1.54) is 34.1 Å². The average molecular weight is 667 g/mol. The highest BCUT2D eigenvalue weighted by Crippen LogP contribution is 2.29. The molecule has 15 heteroatoms. The molecule has 0 aliphatic carbocycles. The normalized spacial score (nSPS) is 13.0. The maximum Gasteiger partial charge on any atom is 0.491 e. The Morgan fingerprint density at radius 2 is 1.62 bits per heavy atom. The smallest absolute Gasteiger partial charge is 0.383 e. The molecule has 48 heavy (non-hydrogen) atoms. The van der Waals surface area contributed by atoms with E-state index in [0.717, 1.165) is 5.56 Å². The summed E-state index contributed by atoms with van der Waals surface area (Å²) in [7, 11) is 0. The number of nitrogens with zero attached hydrogens (tertiary/aromatic N) is 3. The van der Waals surface area contributed by atoms with Gasteiger partial charge in [-0.05, 0) is 47.7 Å². The molecule has 1 aliphatic rings. The first kappa shape index (κ1) is 35.1. The molecule has 0 aromatic heterocycles. The first-order valence-electron chi connectivity index (χ1n) is 14.8. The number of amides is 3. The summed E-state index contributed by atoms with van der Waals surface area (Å²) in [6, 6.07) is 19.8. The minimum Gasteiger partial charge on any atom is -0.383 e. The Hall–Kier alpha value is -5.73. The van der Waals surface area contributed by atoms with Crippen molar-refractivity contribution < 1.29 is 41.9 Å². The molecule has 5 N–H and O–H groups in total. The Balaban J connectivity index is 1.56. The second-order valence-electron chi connectivity index (χ2n) is 10.8. The maximum absolute atomic E-state index is 14.0. The molecule has 4 rings (SSSR count). The van der Waals surface area contributed by atoms with Crippen LogP contribution in [0.25, 0.3) is 0 Å². The quantitative estimate of drug-likeness (QED) is 0.0868. The Morgan fingerprint density at radius 1 is 0.917 bits per heavy atom. The monoisotopic (exact) mass is 666 g/mol. The third-order valence-electron chi connectivity index (χ3n) is 7.35. The number of carbonyl (C=O) groups excluding carboxylic acids is 5. The SMILES string of the molecule is NC(N)=NCCNC(=O)CCc1ccc2c(c1)C(=O)N(CCc1ccccc1C(=O)OC(=O)C(F)(F)F)CC(=O)N2Cc1ccccc1. The van der Waals surface area contributed by atoms with Gasteiger partial charge >= 0.3 is 18.1 Å². The largest absolute Gasteiger partial charge is 0.491 e. The van der Waals surface area contributed by atoms with E-state index in [4.69, 9.17) is 11.5 Å². The first-order valence-corrected chi connectivity index (χ1v) is 14.8. The Bertz CT molecular complexity index is 1710. The van der Waals surface area contributed by atoms with Gasteiger partial charge in [0.25, 0.3) is 5.91 Å². The summed E-state index contributed by atoms with van der Waals surface area (Å²) in [6.07, 6.45) is -5.01. The summed E-state index contributed by atoms with van der Waals surface area (Å²) in [5.41, 5.74) is 12.6. The highest BCUT2D eigenvalue weighted by molar-refractivity contribution is 6.09. The molecule has 0 radical (unpaired) electrons. The number of esters is 2. The van der Waals surface area contributed by atoms with Gasteiger partial charge in [0.2, 0.25) is 11.8 Å². The molecule has 3 aromatic carbocycles. The lowest BCUT2D eigenvalue weighted by Gasteiger charge is -2.23. The standard InChI is InChI=1S/C33H33F3N6O6/c34-33(35,36)31(47)48-30(46)24-9-5-4-8-23(24)14-17-41-20-28(44)42(19-22-6-2-1-3-7-22)26-12-10-21(18-25(26)29(41)45)11-13-27(43)39-15-16-40-32(37)38/h1-10,12,18H,11,13-17,19-20H2,(H,39,43)(H4,37,38,40). The van der Waals surface area contributed by atoms with Crippen molar-refractivity contribution >= 4 is 41.3 Å².